The minimum Gasteiger partial charge on any atom is -0.369 e. The van der Waals surface area contributed by atoms with Crippen molar-refractivity contribution in [1.29, 1.82) is 0 Å². The fraction of sp³-hybridized carbons (Fsp3) is 0.500. The average molecular weight is 277 g/mol. The van der Waals surface area contributed by atoms with Crippen molar-refractivity contribution >= 4 is 28.6 Å². The van der Waals surface area contributed by atoms with E-state index in [0.29, 0.717) is 17.0 Å². The van der Waals surface area contributed by atoms with Crippen molar-refractivity contribution in [2.24, 2.45) is 0 Å². The van der Waals surface area contributed by atoms with Gasteiger partial charge in [-0.05, 0) is 37.5 Å². The summed E-state index contributed by atoms with van der Waals surface area (Å²) >= 11 is 6.01. The number of anilines is 1. The summed E-state index contributed by atoms with van der Waals surface area (Å²) in [7, 11) is 0. The largest absolute Gasteiger partial charge is 0.369 e. The second-order valence-corrected chi connectivity index (χ2v) is 6.08. The topological polar surface area (TPSA) is 47.1 Å². The van der Waals surface area contributed by atoms with Gasteiger partial charge in [-0.15, -0.1) is 0 Å². The first kappa shape index (κ1) is 11.6. The quantitative estimate of drug-likeness (QED) is 0.917. The molecule has 0 bridgehead atoms. The van der Waals surface area contributed by atoms with Gasteiger partial charge in [-0.25, -0.2) is 4.98 Å². The molecule has 1 aliphatic heterocycles. The second-order valence-electron chi connectivity index (χ2n) is 5.64. The summed E-state index contributed by atoms with van der Waals surface area (Å²) in [5.41, 5.74) is 8.11. The molecular weight excluding hydrogens is 260 g/mol. The molecule has 1 saturated heterocycles. The highest BCUT2D eigenvalue weighted by atomic mass is 35.5. The molecule has 1 aliphatic carbocycles. The molecule has 2 aliphatic rings. The molecule has 1 atom stereocenters. The molecule has 2 N–H and O–H groups in total. The van der Waals surface area contributed by atoms with E-state index in [1.165, 1.54) is 19.4 Å². The van der Waals surface area contributed by atoms with Crippen molar-refractivity contribution < 1.29 is 0 Å². The number of rotatable bonds is 2. The molecule has 1 aromatic heterocycles. The molecule has 2 heterocycles. The summed E-state index contributed by atoms with van der Waals surface area (Å²) < 4.78 is 2.19. The maximum absolute atomic E-state index is 6.11. The van der Waals surface area contributed by atoms with Crippen LogP contribution in [0.2, 0.25) is 5.02 Å². The molecule has 1 unspecified atom stereocenters. The van der Waals surface area contributed by atoms with E-state index in [1.54, 1.807) is 0 Å². The van der Waals surface area contributed by atoms with E-state index < -0.39 is 0 Å². The Hall–Kier alpha value is -1.26. The first-order valence-electron chi connectivity index (χ1n) is 6.89. The summed E-state index contributed by atoms with van der Waals surface area (Å²) in [6.07, 6.45) is 3.89. The zero-order valence-corrected chi connectivity index (χ0v) is 11.5. The molecule has 1 aromatic carbocycles. The highest BCUT2D eigenvalue weighted by Crippen LogP contribution is 2.36. The fourth-order valence-electron chi connectivity index (χ4n) is 3.22. The number of imidazole rings is 1. The van der Waals surface area contributed by atoms with E-state index in [1.807, 2.05) is 18.2 Å². The maximum Gasteiger partial charge on any atom is 0.201 e. The Bertz CT molecular complexity index is 632. The highest BCUT2D eigenvalue weighted by molar-refractivity contribution is 6.31. The average Bonchev–Trinajstić information content (AvgIpc) is 3.02. The van der Waals surface area contributed by atoms with Crippen LogP contribution in [0.1, 0.15) is 25.3 Å². The van der Waals surface area contributed by atoms with Crippen LogP contribution in [0.25, 0.3) is 11.0 Å². The van der Waals surface area contributed by atoms with Crippen molar-refractivity contribution in [3.63, 3.8) is 0 Å². The van der Waals surface area contributed by atoms with Crippen LogP contribution in [-0.2, 0) is 0 Å². The van der Waals surface area contributed by atoms with Gasteiger partial charge in [0.2, 0.25) is 5.95 Å². The van der Waals surface area contributed by atoms with Gasteiger partial charge in [0.15, 0.2) is 0 Å². The molecule has 4 nitrogen and oxygen atoms in total. The van der Waals surface area contributed by atoms with Crippen LogP contribution in [0, 0.1) is 0 Å². The summed E-state index contributed by atoms with van der Waals surface area (Å²) in [6.45, 7) is 2.28. The normalized spacial score (nSPS) is 24.4. The van der Waals surface area contributed by atoms with Gasteiger partial charge in [0, 0.05) is 24.2 Å². The number of likely N-dealkylation sites (tertiary alicyclic amines) is 1. The van der Waals surface area contributed by atoms with Crippen LogP contribution >= 0.6 is 11.6 Å². The SMILES string of the molecule is Nc1nc2cc(Cl)ccc2n1C1CCN(C2CC2)C1. The van der Waals surface area contributed by atoms with Gasteiger partial charge in [0.05, 0.1) is 17.1 Å². The minimum atomic E-state index is 0.451. The number of fused-ring (bicyclic) bond motifs is 1. The maximum atomic E-state index is 6.11. The molecule has 0 amide bonds. The van der Waals surface area contributed by atoms with Crippen molar-refractivity contribution in [2.45, 2.75) is 31.3 Å². The number of hydrogen-bond donors (Lipinski definition) is 1. The predicted molar refractivity (Wildman–Crippen MR) is 77.4 cm³/mol. The molecule has 4 rings (SSSR count). The third-order valence-electron chi connectivity index (χ3n) is 4.30. The number of nitrogens with two attached hydrogens (primary N) is 1. The Morgan fingerprint density at radius 2 is 2.05 bits per heavy atom. The highest BCUT2D eigenvalue weighted by Gasteiger charge is 2.35. The number of nitrogens with zero attached hydrogens (tertiary/aromatic N) is 3. The van der Waals surface area contributed by atoms with Gasteiger partial charge in [-0.3, -0.25) is 4.90 Å². The standard InChI is InChI=1S/C14H17ClN4/c15-9-1-4-13-12(7-9)17-14(16)19(13)11-5-6-18(8-11)10-2-3-10/h1,4,7,10-11H,2-3,5-6,8H2,(H2,16,17). The molecule has 2 fully saturated rings. The van der Waals surface area contributed by atoms with Gasteiger partial charge < -0.3 is 10.3 Å². The smallest absolute Gasteiger partial charge is 0.201 e. The lowest BCUT2D eigenvalue weighted by atomic mass is 10.2. The Labute approximate surface area is 117 Å². The number of halogens is 1. The van der Waals surface area contributed by atoms with E-state index >= 15 is 0 Å². The van der Waals surface area contributed by atoms with Gasteiger partial charge in [0.1, 0.15) is 0 Å². The van der Waals surface area contributed by atoms with E-state index in [4.69, 9.17) is 17.3 Å². The van der Waals surface area contributed by atoms with E-state index in [2.05, 4.69) is 14.5 Å². The number of aromatic nitrogens is 2. The lowest BCUT2D eigenvalue weighted by Crippen LogP contribution is -2.24. The predicted octanol–water partition coefficient (Wildman–Crippen LogP) is 2.68. The minimum absolute atomic E-state index is 0.451. The monoisotopic (exact) mass is 276 g/mol. The van der Waals surface area contributed by atoms with Crippen LogP contribution in [0.4, 0.5) is 5.95 Å². The van der Waals surface area contributed by atoms with E-state index in [-0.39, 0.29) is 0 Å². The molecule has 100 valence electrons. The van der Waals surface area contributed by atoms with Crippen molar-refractivity contribution in [3.05, 3.63) is 23.2 Å². The van der Waals surface area contributed by atoms with Crippen LogP contribution in [0.3, 0.4) is 0 Å². The van der Waals surface area contributed by atoms with Crippen LogP contribution in [0.15, 0.2) is 18.2 Å². The summed E-state index contributed by atoms with van der Waals surface area (Å²) in [6, 6.07) is 7.11. The zero-order chi connectivity index (χ0) is 13.0. The van der Waals surface area contributed by atoms with Gasteiger partial charge >= 0.3 is 0 Å². The third-order valence-corrected chi connectivity index (χ3v) is 4.54. The lowest BCUT2D eigenvalue weighted by Gasteiger charge is -2.17. The lowest BCUT2D eigenvalue weighted by molar-refractivity contribution is 0.315. The first-order chi connectivity index (χ1) is 9.22. The van der Waals surface area contributed by atoms with Gasteiger partial charge in [-0.1, -0.05) is 11.6 Å². The van der Waals surface area contributed by atoms with Crippen molar-refractivity contribution in [2.75, 3.05) is 18.8 Å². The molecular formula is C14H17ClN4. The Kier molecular flexibility index (Phi) is 2.50. The Balaban J connectivity index is 1.72. The van der Waals surface area contributed by atoms with Crippen molar-refractivity contribution in [3.8, 4) is 0 Å². The Morgan fingerprint density at radius 3 is 2.84 bits per heavy atom. The van der Waals surface area contributed by atoms with Gasteiger partial charge in [-0.2, -0.15) is 0 Å². The van der Waals surface area contributed by atoms with Crippen LogP contribution in [-0.4, -0.2) is 33.6 Å². The summed E-state index contributed by atoms with van der Waals surface area (Å²) in [4.78, 5) is 7.03. The van der Waals surface area contributed by atoms with E-state index in [9.17, 15) is 0 Å². The molecule has 0 radical (unpaired) electrons. The summed E-state index contributed by atoms with van der Waals surface area (Å²) in [5.74, 6) is 0.611. The second kappa shape index (κ2) is 4.12. The molecule has 1 saturated carbocycles. The van der Waals surface area contributed by atoms with Crippen LogP contribution in [0.5, 0.6) is 0 Å². The molecule has 5 heteroatoms. The van der Waals surface area contributed by atoms with Crippen LogP contribution < -0.4 is 5.73 Å². The van der Waals surface area contributed by atoms with E-state index in [0.717, 1.165) is 30.0 Å². The summed E-state index contributed by atoms with van der Waals surface area (Å²) in [5, 5.41) is 0.711. The number of benzene rings is 1. The van der Waals surface area contributed by atoms with Gasteiger partial charge in [0.25, 0.3) is 0 Å². The zero-order valence-electron chi connectivity index (χ0n) is 10.7. The molecule has 2 aromatic rings. The Morgan fingerprint density at radius 1 is 1.21 bits per heavy atom. The first-order valence-corrected chi connectivity index (χ1v) is 7.27. The molecule has 19 heavy (non-hydrogen) atoms. The number of nitrogen functional groups attached to an aromatic ring is 1. The number of hydrogen-bond acceptors (Lipinski definition) is 3. The fourth-order valence-corrected chi connectivity index (χ4v) is 3.39. The molecule has 0 spiro atoms. The van der Waals surface area contributed by atoms with Crippen molar-refractivity contribution in [1.82, 2.24) is 14.5 Å². The third kappa shape index (κ3) is 1.90.